The van der Waals surface area contributed by atoms with Crippen LogP contribution >= 0.6 is 0 Å². The van der Waals surface area contributed by atoms with Crippen LogP contribution in [-0.4, -0.2) is 35.4 Å². The molecule has 0 amide bonds. The number of aliphatic hydroxyl groups is 1. The fraction of sp³-hybridized carbons (Fsp3) is 0.227. The summed E-state index contributed by atoms with van der Waals surface area (Å²) in [4.78, 5) is 4.32. The molecule has 1 aliphatic heterocycles. The zero-order chi connectivity index (χ0) is 19.6. The molecule has 3 aromatic rings. The Balaban J connectivity index is 1.71. The zero-order valence-corrected chi connectivity index (χ0v) is 16.2. The molecule has 0 saturated carbocycles. The molecule has 144 valence electrons. The van der Waals surface area contributed by atoms with Crippen LogP contribution in [0.3, 0.4) is 0 Å². The standard InChI is InChI=1S/C22H22N2O3S/c25-22-19-10-4-5-11-21(19)28(26,27)24(14-12-17-7-2-1-3-8-17)20(22)15-18-9-6-13-23-16-18/h1-11,13,16,20,22,25H,12,14-15H2/t20-,22-/m1/s1. The number of rotatable bonds is 5. The number of nitrogens with zero attached hydrogens (tertiary/aromatic N) is 2. The molecule has 0 bridgehead atoms. The lowest BCUT2D eigenvalue weighted by Gasteiger charge is -2.39. The summed E-state index contributed by atoms with van der Waals surface area (Å²) >= 11 is 0. The monoisotopic (exact) mass is 394 g/mol. The highest BCUT2D eigenvalue weighted by Crippen LogP contribution is 2.38. The van der Waals surface area contributed by atoms with E-state index in [1.165, 1.54) is 4.31 Å². The topological polar surface area (TPSA) is 70.5 Å². The lowest BCUT2D eigenvalue weighted by atomic mass is 9.96. The van der Waals surface area contributed by atoms with Crippen molar-refractivity contribution in [1.82, 2.24) is 9.29 Å². The minimum absolute atomic E-state index is 0.193. The second-order valence-electron chi connectivity index (χ2n) is 6.97. The SMILES string of the molecule is O=S1(=O)c2ccccc2[C@@H](O)[C@@H](Cc2cccnc2)N1CCc1ccccc1. The van der Waals surface area contributed by atoms with Crippen molar-refractivity contribution in [3.8, 4) is 0 Å². The summed E-state index contributed by atoms with van der Waals surface area (Å²) in [6, 6.07) is 19.7. The summed E-state index contributed by atoms with van der Waals surface area (Å²) in [5.74, 6) is 0. The van der Waals surface area contributed by atoms with Crippen LogP contribution in [0.15, 0.2) is 84.0 Å². The molecule has 0 unspecified atom stereocenters. The zero-order valence-electron chi connectivity index (χ0n) is 15.3. The Labute approximate surface area is 165 Å². The Morgan fingerprint density at radius 1 is 0.929 bits per heavy atom. The molecule has 0 fully saturated rings. The molecule has 2 aromatic carbocycles. The first-order chi connectivity index (χ1) is 13.6. The molecule has 4 rings (SSSR count). The van der Waals surface area contributed by atoms with Crippen molar-refractivity contribution in [3.63, 3.8) is 0 Å². The van der Waals surface area contributed by atoms with E-state index in [0.29, 0.717) is 24.9 Å². The van der Waals surface area contributed by atoms with Crippen LogP contribution in [0.5, 0.6) is 0 Å². The Hall–Kier alpha value is -2.54. The lowest BCUT2D eigenvalue weighted by molar-refractivity contribution is 0.0800. The van der Waals surface area contributed by atoms with Crippen LogP contribution in [0.2, 0.25) is 0 Å². The number of hydrogen-bond donors (Lipinski definition) is 1. The molecule has 1 aromatic heterocycles. The number of hydrogen-bond acceptors (Lipinski definition) is 4. The summed E-state index contributed by atoms with van der Waals surface area (Å²) in [5, 5.41) is 11.1. The van der Waals surface area contributed by atoms with Crippen LogP contribution in [-0.2, 0) is 22.9 Å². The summed E-state index contributed by atoms with van der Waals surface area (Å²) in [6.45, 7) is 0.308. The van der Waals surface area contributed by atoms with Crippen LogP contribution in [0, 0.1) is 0 Å². The quantitative estimate of drug-likeness (QED) is 0.722. The van der Waals surface area contributed by atoms with Crippen molar-refractivity contribution in [3.05, 3.63) is 95.8 Å². The fourth-order valence-electron chi connectivity index (χ4n) is 3.77. The smallest absolute Gasteiger partial charge is 0.243 e. The van der Waals surface area contributed by atoms with Gasteiger partial charge in [-0.15, -0.1) is 0 Å². The van der Waals surface area contributed by atoms with E-state index < -0.39 is 22.2 Å². The lowest BCUT2D eigenvalue weighted by Crippen LogP contribution is -2.49. The van der Waals surface area contributed by atoms with E-state index in [-0.39, 0.29) is 4.90 Å². The Kier molecular flexibility index (Phi) is 5.26. The molecule has 0 radical (unpaired) electrons. The minimum Gasteiger partial charge on any atom is -0.387 e. The number of fused-ring (bicyclic) bond motifs is 1. The van der Waals surface area contributed by atoms with Crippen molar-refractivity contribution in [2.24, 2.45) is 0 Å². The highest BCUT2D eigenvalue weighted by atomic mass is 32.2. The third kappa shape index (κ3) is 3.58. The predicted molar refractivity (Wildman–Crippen MR) is 107 cm³/mol. The van der Waals surface area contributed by atoms with Crippen LogP contribution < -0.4 is 0 Å². The average Bonchev–Trinajstić information content (AvgIpc) is 2.73. The molecule has 1 N–H and O–H groups in total. The molecule has 2 atom stereocenters. The van der Waals surface area contributed by atoms with Gasteiger partial charge in [0.05, 0.1) is 17.0 Å². The predicted octanol–water partition coefficient (Wildman–Crippen LogP) is 2.97. The molecular weight excluding hydrogens is 372 g/mol. The molecule has 2 heterocycles. The number of sulfonamides is 1. The molecule has 0 spiro atoms. The maximum atomic E-state index is 13.4. The third-order valence-electron chi connectivity index (χ3n) is 5.19. The van der Waals surface area contributed by atoms with Crippen molar-refractivity contribution >= 4 is 10.0 Å². The van der Waals surface area contributed by atoms with Crippen molar-refractivity contribution in [2.45, 2.75) is 29.9 Å². The van der Waals surface area contributed by atoms with Gasteiger partial charge in [-0.05, 0) is 36.1 Å². The van der Waals surface area contributed by atoms with E-state index in [1.54, 1.807) is 36.7 Å². The van der Waals surface area contributed by atoms with Gasteiger partial charge in [-0.1, -0.05) is 54.6 Å². The molecule has 6 heteroatoms. The van der Waals surface area contributed by atoms with Gasteiger partial charge in [-0.3, -0.25) is 4.98 Å². The van der Waals surface area contributed by atoms with Gasteiger partial charge in [0.25, 0.3) is 0 Å². The molecule has 0 saturated heterocycles. The molecule has 5 nitrogen and oxygen atoms in total. The molecular formula is C22H22N2O3S. The summed E-state index contributed by atoms with van der Waals surface area (Å²) < 4.78 is 28.2. The Bertz CT molecular complexity index is 1040. The fourth-order valence-corrected chi connectivity index (χ4v) is 5.64. The second kappa shape index (κ2) is 7.83. The first kappa shape index (κ1) is 18.8. The first-order valence-electron chi connectivity index (χ1n) is 9.29. The Morgan fingerprint density at radius 3 is 2.39 bits per heavy atom. The second-order valence-corrected chi connectivity index (χ2v) is 8.83. The van der Waals surface area contributed by atoms with E-state index in [1.807, 2.05) is 42.5 Å². The largest absolute Gasteiger partial charge is 0.387 e. The van der Waals surface area contributed by atoms with Gasteiger partial charge in [0, 0.05) is 24.5 Å². The van der Waals surface area contributed by atoms with E-state index in [9.17, 15) is 13.5 Å². The average molecular weight is 394 g/mol. The van der Waals surface area contributed by atoms with E-state index in [2.05, 4.69) is 4.98 Å². The minimum atomic E-state index is -3.70. The molecule has 1 aliphatic rings. The van der Waals surface area contributed by atoms with Crippen LogP contribution in [0.1, 0.15) is 22.8 Å². The Morgan fingerprint density at radius 2 is 1.64 bits per heavy atom. The van der Waals surface area contributed by atoms with Gasteiger partial charge >= 0.3 is 0 Å². The summed E-state index contributed by atoms with van der Waals surface area (Å²) in [5.41, 5.74) is 2.42. The summed E-state index contributed by atoms with van der Waals surface area (Å²) in [7, 11) is -3.70. The normalized spacial score (nSPS) is 21.2. The maximum absolute atomic E-state index is 13.4. The molecule has 28 heavy (non-hydrogen) atoms. The van der Waals surface area contributed by atoms with Gasteiger partial charge in [0.15, 0.2) is 0 Å². The van der Waals surface area contributed by atoms with Gasteiger partial charge < -0.3 is 5.11 Å². The third-order valence-corrected chi connectivity index (χ3v) is 7.19. The number of aliphatic hydroxyl groups excluding tert-OH is 1. The van der Waals surface area contributed by atoms with E-state index >= 15 is 0 Å². The highest BCUT2D eigenvalue weighted by Gasteiger charge is 2.43. The van der Waals surface area contributed by atoms with Crippen molar-refractivity contribution < 1.29 is 13.5 Å². The number of pyridine rings is 1. The maximum Gasteiger partial charge on any atom is 0.243 e. The van der Waals surface area contributed by atoms with Gasteiger partial charge in [-0.25, -0.2) is 8.42 Å². The number of aromatic nitrogens is 1. The van der Waals surface area contributed by atoms with Crippen LogP contribution in [0.4, 0.5) is 0 Å². The van der Waals surface area contributed by atoms with Crippen molar-refractivity contribution in [1.29, 1.82) is 0 Å². The van der Waals surface area contributed by atoms with Gasteiger partial charge in [0.1, 0.15) is 0 Å². The molecule has 0 aliphatic carbocycles. The van der Waals surface area contributed by atoms with Crippen molar-refractivity contribution in [2.75, 3.05) is 6.54 Å². The van der Waals surface area contributed by atoms with E-state index in [0.717, 1.165) is 11.1 Å². The first-order valence-corrected chi connectivity index (χ1v) is 10.7. The van der Waals surface area contributed by atoms with E-state index in [4.69, 9.17) is 0 Å². The highest BCUT2D eigenvalue weighted by molar-refractivity contribution is 7.89. The summed E-state index contributed by atoms with van der Waals surface area (Å²) in [6.07, 6.45) is 3.49. The van der Waals surface area contributed by atoms with Gasteiger partial charge in [-0.2, -0.15) is 4.31 Å². The van der Waals surface area contributed by atoms with Gasteiger partial charge in [0.2, 0.25) is 10.0 Å². The van der Waals surface area contributed by atoms with Crippen LogP contribution in [0.25, 0.3) is 0 Å². The number of benzene rings is 2.